The van der Waals surface area contributed by atoms with Crippen molar-refractivity contribution in [1.82, 2.24) is 9.97 Å². The number of hydrogen-bond donors (Lipinski definition) is 1. The summed E-state index contributed by atoms with van der Waals surface area (Å²) < 4.78 is 10.9. The molecule has 0 spiro atoms. The van der Waals surface area contributed by atoms with Gasteiger partial charge in [0.05, 0.1) is 12.7 Å². The van der Waals surface area contributed by atoms with Crippen LogP contribution in [0.3, 0.4) is 0 Å². The van der Waals surface area contributed by atoms with E-state index in [1.165, 1.54) is 6.33 Å². The van der Waals surface area contributed by atoms with Crippen molar-refractivity contribution in [2.45, 2.75) is 6.92 Å². The van der Waals surface area contributed by atoms with Crippen molar-refractivity contribution in [3.05, 3.63) is 36.7 Å². The number of rotatable bonds is 5. The fraction of sp³-hybridized carbons (Fsp3) is 0.231. The highest BCUT2D eigenvalue weighted by atomic mass is 16.5. The van der Waals surface area contributed by atoms with Crippen LogP contribution in [0.4, 0.5) is 5.69 Å². The SMILES string of the molecule is CCOc1cc(Oc2ccc(NC)cc2)ncn1. The minimum absolute atomic E-state index is 0.464. The first-order chi connectivity index (χ1) is 8.81. The minimum atomic E-state index is 0.464. The highest BCUT2D eigenvalue weighted by Crippen LogP contribution is 2.22. The van der Waals surface area contributed by atoms with E-state index in [1.54, 1.807) is 6.07 Å². The summed E-state index contributed by atoms with van der Waals surface area (Å²) in [6.45, 7) is 2.46. The van der Waals surface area contributed by atoms with Gasteiger partial charge in [-0.15, -0.1) is 0 Å². The molecule has 2 rings (SSSR count). The molecule has 0 aliphatic heterocycles. The quantitative estimate of drug-likeness (QED) is 0.877. The first-order valence-corrected chi connectivity index (χ1v) is 5.72. The lowest BCUT2D eigenvalue weighted by molar-refractivity contribution is 0.322. The lowest BCUT2D eigenvalue weighted by atomic mass is 10.3. The number of nitrogens with zero attached hydrogens (tertiary/aromatic N) is 2. The van der Waals surface area contributed by atoms with Gasteiger partial charge in [0.15, 0.2) is 0 Å². The predicted octanol–water partition coefficient (Wildman–Crippen LogP) is 2.71. The van der Waals surface area contributed by atoms with Crippen molar-refractivity contribution in [3.8, 4) is 17.5 Å². The molecular weight excluding hydrogens is 230 g/mol. The van der Waals surface area contributed by atoms with Gasteiger partial charge in [-0.05, 0) is 31.2 Å². The number of hydrogen-bond acceptors (Lipinski definition) is 5. The highest BCUT2D eigenvalue weighted by Gasteiger charge is 2.02. The van der Waals surface area contributed by atoms with Gasteiger partial charge in [0.25, 0.3) is 0 Å². The van der Waals surface area contributed by atoms with Crippen LogP contribution in [0.2, 0.25) is 0 Å². The van der Waals surface area contributed by atoms with Crippen LogP contribution in [0, 0.1) is 0 Å². The van der Waals surface area contributed by atoms with Crippen molar-refractivity contribution >= 4 is 5.69 Å². The van der Waals surface area contributed by atoms with Crippen LogP contribution in [-0.4, -0.2) is 23.6 Å². The van der Waals surface area contributed by atoms with Gasteiger partial charge in [0.2, 0.25) is 11.8 Å². The normalized spacial score (nSPS) is 9.89. The minimum Gasteiger partial charge on any atom is -0.478 e. The Morgan fingerprint density at radius 1 is 1.11 bits per heavy atom. The van der Waals surface area contributed by atoms with Crippen LogP contribution < -0.4 is 14.8 Å². The number of anilines is 1. The molecule has 0 radical (unpaired) electrons. The second-order valence-corrected chi connectivity index (χ2v) is 3.50. The van der Waals surface area contributed by atoms with Gasteiger partial charge < -0.3 is 14.8 Å². The fourth-order valence-corrected chi connectivity index (χ4v) is 1.42. The smallest absolute Gasteiger partial charge is 0.226 e. The molecule has 0 aliphatic rings. The van der Waals surface area contributed by atoms with E-state index >= 15 is 0 Å². The van der Waals surface area contributed by atoms with E-state index in [0.29, 0.717) is 18.4 Å². The molecule has 5 nitrogen and oxygen atoms in total. The molecule has 0 fully saturated rings. The van der Waals surface area contributed by atoms with Gasteiger partial charge in [-0.2, -0.15) is 0 Å². The third kappa shape index (κ3) is 3.10. The van der Waals surface area contributed by atoms with E-state index in [-0.39, 0.29) is 0 Å². The van der Waals surface area contributed by atoms with E-state index in [1.807, 2.05) is 38.2 Å². The number of ether oxygens (including phenoxy) is 2. The Morgan fingerprint density at radius 3 is 2.50 bits per heavy atom. The zero-order chi connectivity index (χ0) is 12.8. The fourth-order valence-electron chi connectivity index (χ4n) is 1.42. The lowest BCUT2D eigenvalue weighted by Gasteiger charge is -2.07. The third-order valence-corrected chi connectivity index (χ3v) is 2.27. The third-order valence-electron chi connectivity index (χ3n) is 2.27. The average molecular weight is 245 g/mol. The number of nitrogens with one attached hydrogen (secondary N) is 1. The summed E-state index contributed by atoms with van der Waals surface area (Å²) in [6, 6.07) is 9.26. The van der Waals surface area contributed by atoms with E-state index in [0.717, 1.165) is 11.4 Å². The second-order valence-electron chi connectivity index (χ2n) is 3.50. The summed E-state index contributed by atoms with van der Waals surface area (Å²) in [5.41, 5.74) is 1.03. The van der Waals surface area contributed by atoms with Gasteiger partial charge in [-0.25, -0.2) is 9.97 Å². The van der Waals surface area contributed by atoms with Crippen molar-refractivity contribution in [1.29, 1.82) is 0 Å². The van der Waals surface area contributed by atoms with Gasteiger partial charge >= 0.3 is 0 Å². The maximum absolute atomic E-state index is 5.61. The Labute approximate surface area is 106 Å². The first-order valence-electron chi connectivity index (χ1n) is 5.72. The standard InChI is InChI=1S/C13H15N3O2/c1-3-17-12-8-13(16-9-15-12)18-11-6-4-10(14-2)5-7-11/h4-9,14H,3H2,1-2H3. The van der Waals surface area contributed by atoms with Gasteiger partial charge in [0.1, 0.15) is 12.1 Å². The number of aromatic nitrogens is 2. The van der Waals surface area contributed by atoms with Crippen LogP contribution in [-0.2, 0) is 0 Å². The summed E-state index contributed by atoms with van der Waals surface area (Å²) in [6.07, 6.45) is 1.42. The Hall–Kier alpha value is -2.30. The molecule has 18 heavy (non-hydrogen) atoms. The predicted molar refractivity (Wildman–Crippen MR) is 69.3 cm³/mol. The number of benzene rings is 1. The average Bonchev–Trinajstić information content (AvgIpc) is 2.40. The molecule has 0 atom stereocenters. The van der Waals surface area contributed by atoms with Gasteiger partial charge in [-0.3, -0.25) is 0 Å². The maximum Gasteiger partial charge on any atom is 0.226 e. The molecule has 0 unspecified atom stereocenters. The molecule has 1 aromatic heterocycles. The Morgan fingerprint density at radius 2 is 1.83 bits per heavy atom. The first kappa shape index (κ1) is 12.2. The topological polar surface area (TPSA) is 56.3 Å². The lowest BCUT2D eigenvalue weighted by Crippen LogP contribution is -1.96. The molecule has 0 saturated carbocycles. The molecule has 2 aromatic rings. The molecule has 0 bridgehead atoms. The molecule has 0 saturated heterocycles. The Balaban J connectivity index is 2.09. The summed E-state index contributed by atoms with van der Waals surface area (Å²) in [5, 5.41) is 3.04. The highest BCUT2D eigenvalue weighted by molar-refractivity contribution is 5.46. The van der Waals surface area contributed by atoms with E-state index in [9.17, 15) is 0 Å². The second kappa shape index (κ2) is 5.86. The molecular formula is C13H15N3O2. The van der Waals surface area contributed by atoms with Gasteiger partial charge in [0, 0.05) is 12.7 Å². The zero-order valence-electron chi connectivity index (χ0n) is 10.4. The van der Waals surface area contributed by atoms with Crippen molar-refractivity contribution < 1.29 is 9.47 Å². The van der Waals surface area contributed by atoms with Crippen molar-refractivity contribution in [3.63, 3.8) is 0 Å². The molecule has 0 amide bonds. The Bertz CT molecular complexity index is 500. The maximum atomic E-state index is 5.61. The zero-order valence-corrected chi connectivity index (χ0v) is 10.4. The monoisotopic (exact) mass is 245 g/mol. The van der Waals surface area contributed by atoms with E-state index in [2.05, 4.69) is 15.3 Å². The molecule has 1 aromatic carbocycles. The van der Waals surface area contributed by atoms with Crippen LogP contribution in [0.15, 0.2) is 36.7 Å². The molecule has 5 heteroatoms. The molecule has 94 valence electrons. The molecule has 1 N–H and O–H groups in total. The summed E-state index contributed by atoms with van der Waals surface area (Å²) in [5.74, 6) is 1.69. The summed E-state index contributed by atoms with van der Waals surface area (Å²) >= 11 is 0. The van der Waals surface area contributed by atoms with Crippen molar-refractivity contribution in [2.75, 3.05) is 19.0 Å². The summed E-state index contributed by atoms with van der Waals surface area (Å²) in [7, 11) is 1.87. The van der Waals surface area contributed by atoms with Crippen molar-refractivity contribution in [2.24, 2.45) is 0 Å². The van der Waals surface area contributed by atoms with Crippen LogP contribution in [0.1, 0.15) is 6.92 Å². The van der Waals surface area contributed by atoms with Crippen LogP contribution in [0.5, 0.6) is 17.5 Å². The van der Waals surface area contributed by atoms with Crippen LogP contribution in [0.25, 0.3) is 0 Å². The van der Waals surface area contributed by atoms with E-state index < -0.39 is 0 Å². The van der Waals surface area contributed by atoms with Gasteiger partial charge in [-0.1, -0.05) is 0 Å². The van der Waals surface area contributed by atoms with E-state index in [4.69, 9.17) is 9.47 Å². The molecule has 1 heterocycles. The molecule has 0 aliphatic carbocycles. The largest absolute Gasteiger partial charge is 0.478 e. The van der Waals surface area contributed by atoms with Crippen LogP contribution >= 0.6 is 0 Å². The summed E-state index contributed by atoms with van der Waals surface area (Å²) in [4.78, 5) is 8.01. The Kier molecular flexibility index (Phi) is 3.96.